The van der Waals surface area contributed by atoms with E-state index in [9.17, 15) is 9.59 Å². The van der Waals surface area contributed by atoms with Gasteiger partial charge in [-0.15, -0.1) is 0 Å². The minimum absolute atomic E-state index is 0.0218. The topological polar surface area (TPSA) is 52.7 Å². The van der Waals surface area contributed by atoms with Crippen LogP contribution in [0, 0.1) is 0 Å². The minimum Gasteiger partial charge on any atom is -0.322 e. The zero-order valence-corrected chi connectivity index (χ0v) is 26.3. The van der Waals surface area contributed by atoms with Crippen LogP contribution in [0.3, 0.4) is 0 Å². The molecule has 0 aromatic heterocycles. The van der Waals surface area contributed by atoms with E-state index in [0.29, 0.717) is 23.4 Å². The highest BCUT2D eigenvalue weighted by molar-refractivity contribution is 6.09. The SMILES string of the molecule is O=C(Nc1ccc(C(=O)N2CCCCCCCN(Cc3ccccc3)Cc3ccccc32)cc1)c1ccccc1-c1ccccc1. The molecule has 0 bridgehead atoms. The van der Waals surface area contributed by atoms with Gasteiger partial charge in [0.15, 0.2) is 0 Å². The molecule has 0 saturated heterocycles. The van der Waals surface area contributed by atoms with E-state index < -0.39 is 0 Å². The van der Waals surface area contributed by atoms with Crippen molar-refractivity contribution in [1.29, 1.82) is 0 Å². The Balaban J connectivity index is 1.21. The van der Waals surface area contributed by atoms with Crippen molar-refractivity contribution in [3.05, 3.63) is 156 Å². The van der Waals surface area contributed by atoms with E-state index in [2.05, 4.69) is 58.7 Å². The first-order valence-electron chi connectivity index (χ1n) is 16.4. The number of nitrogens with one attached hydrogen (secondary N) is 1. The molecule has 2 amide bonds. The number of hydrogen-bond acceptors (Lipinski definition) is 3. The number of anilines is 2. The lowest BCUT2D eigenvalue weighted by molar-refractivity contribution is 0.0984. The number of carbonyl (C=O) groups excluding carboxylic acids is 2. The van der Waals surface area contributed by atoms with Crippen LogP contribution in [0.4, 0.5) is 11.4 Å². The van der Waals surface area contributed by atoms with Crippen LogP contribution >= 0.6 is 0 Å². The Kier molecular flexibility index (Phi) is 10.3. The van der Waals surface area contributed by atoms with Crippen molar-refractivity contribution in [2.75, 3.05) is 23.3 Å². The summed E-state index contributed by atoms with van der Waals surface area (Å²) in [7, 11) is 0. The summed E-state index contributed by atoms with van der Waals surface area (Å²) in [5.74, 6) is -0.206. The first-order valence-corrected chi connectivity index (χ1v) is 16.4. The first kappa shape index (κ1) is 31.0. The zero-order valence-electron chi connectivity index (χ0n) is 26.3. The molecule has 5 nitrogen and oxygen atoms in total. The highest BCUT2D eigenvalue weighted by atomic mass is 16.2. The van der Waals surface area contributed by atoms with Gasteiger partial charge in [-0.3, -0.25) is 14.5 Å². The van der Waals surface area contributed by atoms with Gasteiger partial charge in [0.1, 0.15) is 0 Å². The number of nitrogens with zero attached hydrogens (tertiary/aromatic N) is 2. The Morgan fingerprint density at radius 1 is 0.609 bits per heavy atom. The van der Waals surface area contributed by atoms with Crippen LogP contribution in [0.25, 0.3) is 11.1 Å². The molecule has 46 heavy (non-hydrogen) atoms. The molecule has 5 heteroatoms. The minimum atomic E-state index is -0.185. The maximum Gasteiger partial charge on any atom is 0.258 e. The van der Waals surface area contributed by atoms with Gasteiger partial charge in [-0.25, -0.2) is 0 Å². The maximum atomic E-state index is 14.1. The lowest BCUT2D eigenvalue weighted by Gasteiger charge is -2.29. The fourth-order valence-corrected chi connectivity index (χ4v) is 6.27. The van der Waals surface area contributed by atoms with Crippen LogP contribution in [-0.2, 0) is 13.1 Å². The van der Waals surface area contributed by atoms with Crippen LogP contribution < -0.4 is 10.2 Å². The summed E-state index contributed by atoms with van der Waals surface area (Å²) < 4.78 is 0. The van der Waals surface area contributed by atoms with Crippen molar-refractivity contribution in [1.82, 2.24) is 4.90 Å². The first-order chi connectivity index (χ1) is 22.7. The maximum absolute atomic E-state index is 14.1. The van der Waals surface area contributed by atoms with Crippen LogP contribution in [-0.4, -0.2) is 29.8 Å². The fourth-order valence-electron chi connectivity index (χ4n) is 6.27. The van der Waals surface area contributed by atoms with Crippen molar-refractivity contribution >= 4 is 23.2 Å². The number of amides is 2. The van der Waals surface area contributed by atoms with Gasteiger partial charge in [-0.1, -0.05) is 116 Å². The molecule has 1 aliphatic rings. The van der Waals surface area contributed by atoms with Crippen molar-refractivity contribution in [3.8, 4) is 11.1 Å². The van der Waals surface area contributed by atoms with Crippen molar-refractivity contribution in [3.63, 3.8) is 0 Å². The van der Waals surface area contributed by atoms with E-state index >= 15 is 0 Å². The predicted octanol–water partition coefficient (Wildman–Crippen LogP) is 9.22. The lowest BCUT2D eigenvalue weighted by Crippen LogP contribution is -2.34. The van der Waals surface area contributed by atoms with Gasteiger partial charge in [-0.2, -0.15) is 0 Å². The fraction of sp³-hybridized carbons (Fsp3) is 0.220. The van der Waals surface area contributed by atoms with E-state index in [1.807, 2.05) is 89.8 Å². The van der Waals surface area contributed by atoms with Gasteiger partial charge < -0.3 is 10.2 Å². The summed E-state index contributed by atoms with van der Waals surface area (Å²) in [5, 5.41) is 3.03. The lowest BCUT2D eigenvalue weighted by atomic mass is 9.99. The number of carbonyl (C=O) groups is 2. The Hall–Kier alpha value is -5.00. The quantitative estimate of drug-likeness (QED) is 0.209. The highest BCUT2D eigenvalue weighted by Crippen LogP contribution is 2.28. The predicted molar refractivity (Wildman–Crippen MR) is 188 cm³/mol. The molecule has 0 aliphatic carbocycles. The monoisotopic (exact) mass is 607 g/mol. The second kappa shape index (κ2) is 15.3. The molecule has 5 aromatic carbocycles. The summed E-state index contributed by atoms with van der Waals surface area (Å²) in [6.45, 7) is 3.36. The standard InChI is InChI=1S/C41H41N3O2/c45-40(38-22-12-11-21-37(38)33-18-8-5-9-19-33)42-36-26-24-34(25-27-36)41(46)44-29-15-3-1-2-14-28-43(30-32-16-6-4-7-17-32)31-35-20-10-13-23-39(35)44/h4-13,16-27H,1-3,14-15,28-31H2,(H,42,45). The third-order valence-corrected chi connectivity index (χ3v) is 8.67. The van der Waals surface area contributed by atoms with Crippen LogP contribution in [0.15, 0.2) is 133 Å². The van der Waals surface area contributed by atoms with Gasteiger partial charge in [0.05, 0.1) is 0 Å². The molecule has 1 heterocycles. The smallest absolute Gasteiger partial charge is 0.258 e. The van der Waals surface area contributed by atoms with Crippen LogP contribution in [0.1, 0.15) is 63.9 Å². The molecule has 0 unspecified atom stereocenters. The summed E-state index contributed by atoms with van der Waals surface area (Å²) in [4.78, 5) is 31.9. The molecule has 0 spiro atoms. The Morgan fingerprint density at radius 3 is 2.02 bits per heavy atom. The van der Waals surface area contributed by atoms with E-state index in [1.54, 1.807) is 0 Å². The molecule has 232 valence electrons. The molecule has 1 N–H and O–H groups in total. The molecule has 1 aliphatic heterocycles. The highest BCUT2D eigenvalue weighted by Gasteiger charge is 2.22. The second-order valence-electron chi connectivity index (χ2n) is 12.0. The van der Waals surface area contributed by atoms with Gasteiger partial charge in [0.2, 0.25) is 0 Å². The Labute approximate surface area is 272 Å². The van der Waals surface area contributed by atoms with E-state index in [0.717, 1.165) is 54.9 Å². The van der Waals surface area contributed by atoms with E-state index in [-0.39, 0.29) is 11.8 Å². The van der Waals surface area contributed by atoms with Crippen molar-refractivity contribution in [2.24, 2.45) is 0 Å². The van der Waals surface area contributed by atoms with Crippen LogP contribution in [0.5, 0.6) is 0 Å². The number of para-hydroxylation sites is 1. The van der Waals surface area contributed by atoms with Crippen molar-refractivity contribution < 1.29 is 9.59 Å². The molecular formula is C41H41N3O2. The third kappa shape index (κ3) is 7.79. The van der Waals surface area contributed by atoms with Gasteiger partial charge in [0.25, 0.3) is 11.8 Å². The Morgan fingerprint density at radius 2 is 1.24 bits per heavy atom. The summed E-state index contributed by atoms with van der Waals surface area (Å²) in [5.41, 5.74) is 7.16. The zero-order chi connectivity index (χ0) is 31.6. The average Bonchev–Trinajstić information content (AvgIpc) is 3.10. The van der Waals surface area contributed by atoms with Crippen LogP contribution in [0.2, 0.25) is 0 Å². The molecule has 0 saturated carbocycles. The Bertz CT molecular complexity index is 1740. The molecule has 0 fully saturated rings. The van der Waals surface area contributed by atoms with Crippen molar-refractivity contribution in [2.45, 2.75) is 45.2 Å². The third-order valence-electron chi connectivity index (χ3n) is 8.67. The van der Waals surface area contributed by atoms with Gasteiger partial charge in [0, 0.05) is 42.1 Å². The molecular weight excluding hydrogens is 566 g/mol. The largest absolute Gasteiger partial charge is 0.322 e. The number of benzene rings is 5. The van der Waals surface area contributed by atoms with E-state index in [4.69, 9.17) is 0 Å². The normalized spacial score (nSPS) is 14.4. The summed E-state index contributed by atoms with van der Waals surface area (Å²) in [6.07, 6.45) is 5.61. The van der Waals surface area contributed by atoms with Gasteiger partial charge in [-0.05, 0) is 78.0 Å². The molecule has 6 rings (SSSR count). The van der Waals surface area contributed by atoms with E-state index in [1.165, 1.54) is 24.8 Å². The molecule has 5 aromatic rings. The number of fused-ring (bicyclic) bond motifs is 1. The summed E-state index contributed by atoms with van der Waals surface area (Å²) in [6, 6.07) is 43.8. The second-order valence-corrected chi connectivity index (χ2v) is 12.0. The molecule has 0 radical (unpaired) electrons. The average molecular weight is 608 g/mol. The van der Waals surface area contributed by atoms with Gasteiger partial charge >= 0.3 is 0 Å². The molecule has 0 atom stereocenters. The summed E-state index contributed by atoms with van der Waals surface area (Å²) >= 11 is 0. The number of rotatable bonds is 6. The number of hydrogen-bond donors (Lipinski definition) is 1.